The van der Waals surface area contributed by atoms with Crippen LogP contribution < -0.4 is 10.0 Å². The minimum atomic E-state index is -3.08. The van der Waals surface area contributed by atoms with Crippen molar-refractivity contribution in [3.63, 3.8) is 0 Å². The molecule has 16 heavy (non-hydrogen) atoms. The molecule has 1 aliphatic rings. The van der Waals surface area contributed by atoms with Gasteiger partial charge in [0, 0.05) is 13.1 Å². The Morgan fingerprint density at radius 1 is 1.25 bits per heavy atom. The molecule has 0 amide bonds. The van der Waals surface area contributed by atoms with Crippen LogP contribution in [0.2, 0.25) is 0 Å². The van der Waals surface area contributed by atoms with Crippen molar-refractivity contribution in [3.05, 3.63) is 0 Å². The number of nitrogens with one attached hydrogen (secondary N) is 2. The summed E-state index contributed by atoms with van der Waals surface area (Å²) in [6.07, 6.45) is 4.94. The SMILES string of the molecule is CNCCS(=O)(=O)NCC1CCCCC1C. The smallest absolute Gasteiger partial charge is 0.212 e. The Bertz CT molecular complexity index is 290. The van der Waals surface area contributed by atoms with Gasteiger partial charge in [-0.15, -0.1) is 0 Å². The third-order valence-corrected chi connectivity index (χ3v) is 4.82. The summed E-state index contributed by atoms with van der Waals surface area (Å²) < 4.78 is 25.9. The number of sulfonamides is 1. The van der Waals surface area contributed by atoms with E-state index in [0.717, 1.165) is 6.42 Å². The van der Waals surface area contributed by atoms with Crippen LogP contribution in [0.1, 0.15) is 32.6 Å². The van der Waals surface area contributed by atoms with Crippen LogP contribution in [0, 0.1) is 11.8 Å². The van der Waals surface area contributed by atoms with Gasteiger partial charge in [0.15, 0.2) is 0 Å². The van der Waals surface area contributed by atoms with Gasteiger partial charge in [-0.2, -0.15) is 0 Å². The molecular weight excluding hydrogens is 224 g/mol. The second kappa shape index (κ2) is 6.57. The van der Waals surface area contributed by atoms with E-state index in [1.807, 2.05) is 0 Å². The quantitative estimate of drug-likeness (QED) is 0.736. The molecule has 0 aliphatic heterocycles. The fourth-order valence-corrected chi connectivity index (χ4v) is 3.32. The molecule has 0 bridgehead atoms. The lowest BCUT2D eigenvalue weighted by Gasteiger charge is -2.28. The number of hydrogen-bond acceptors (Lipinski definition) is 3. The number of rotatable bonds is 6. The lowest BCUT2D eigenvalue weighted by Crippen LogP contribution is -2.36. The highest BCUT2D eigenvalue weighted by molar-refractivity contribution is 7.89. The lowest BCUT2D eigenvalue weighted by molar-refractivity contribution is 0.257. The van der Waals surface area contributed by atoms with Crippen molar-refractivity contribution in [2.24, 2.45) is 11.8 Å². The standard InChI is InChI=1S/C11H24N2O2S/c1-10-5-3-4-6-11(10)9-13-16(14,15)8-7-12-2/h10-13H,3-9H2,1-2H3. The molecular formula is C11H24N2O2S. The average molecular weight is 248 g/mol. The first-order valence-corrected chi connectivity index (χ1v) is 7.82. The van der Waals surface area contributed by atoms with Crippen molar-refractivity contribution in [1.29, 1.82) is 0 Å². The maximum atomic E-state index is 11.6. The summed E-state index contributed by atoms with van der Waals surface area (Å²) in [4.78, 5) is 0. The highest BCUT2D eigenvalue weighted by Gasteiger charge is 2.22. The van der Waals surface area contributed by atoms with Gasteiger partial charge in [0.2, 0.25) is 10.0 Å². The highest BCUT2D eigenvalue weighted by atomic mass is 32.2. The average Bonchev–Trinajstić information content (AvgIpc) is 2.26. The van der Waals surface area contributed by atoms with E-state index in [1.165, 1.54) is 19.3 Å². The molecule has 2 atom stereocenters. The molecule has 1 aliphatic carbocycles. The summed E-state index contributed by atoms with van der Waals surface area (Å²) in [5, 5.41) is 2.85. The molecule has 4 nitrogen and oxygen atoms in total. The first-order valence-electron chi connectivity index (χ1n) is 6.17. The fraction of sp³-hybridized carbons (Fsp3) is 1.00. The van der Waals surface area contributed by atoms with Gasteiger partial charge in [-0.05, 0) is 25.3 Å². The summed E-state index contributed by atoms with van der Waals surface area (Å²) in [5.41, 5.74) is 0. The summed E-state index contributed by atoms with van der Waals surface area (Å²) in [6.45, 7) is 3.36. The van der Waals surface area contributed by atoms with Crippen LogP contribution in [0.15, 0.2) is 0 Å². The number of hydrogen-bond donors (Lipinski definition) is 2. The first kappa shape index (κ1) is 13.9. The van der Waals surface area contributed by atoms with Gasteiger partial charge in [-0.3, -0.25) is 0 Å². The predicted molar refractivity (Wildman–Crippen MR) is 66.8 cm³/mol. The van der Waals surface area contributed by atoms with Gasteiger partial charge in [0.1, 0.15) is 0 Å². The lowest BCUT2D eigenvalue weighted by atomic mass is 9.81. The van der Waals surface area contributed by atoms with Crippen LogP contribution in [0.4, 0.5) is 0 Å². The van der Waals surface area contributed by atoms with Crippen molar-refractivity contribution in [2.75, 3.05) is 25.9 Å². The molecule has 0 aromatic rings. The molecule has 96 valence electrons. The molecule has 0 radical (unpaired) electrons. The summed E-state index contributed by atoms with van der Waals surface area (Å²) in [6, 6.07) is 0. The van der Waals surface area contributed by atoms with Gasteiger partial charge in [0.25, 0.3) is 0 Å². The molecule has 1 fully saturated rings. The Kier molecular flexibility index (Phi) is 5.72. The Hall–Kier alpha value is -0.130. The minimum absolute atomic E-state index is 0.171. The molecule has 2 unspecified atom stereocenters. The minimum Gasteiger partial charge on any atom is -0.319 e. The molecule has 0 aromatic carbocycles. The second-order valence-corrected chi connectivity index (χ2v) is 6.72. The third-order valence-electron chi connectivity index (χ3n) is 3.48. The Morgan fingerprint density at radius 2 is 1.94 bits per heavy atom. The zero-order valence-corrected chi connectivity index (χ0v) is 11.1. The highest BCUT2D eigenvalue weighted by Crippen LogP contribution is 2.28. The molecule has 0 spiro atoms. The van der Waals surface area contributed by atoms with Gasteiger partial charge >= 0.3 is 0 Å². The molecule has 1 rings (SSSR count). The zero-order chi connectivity index (χ0) is 12.0. The maximum absolute atomic E-state index is 11.6. The van der Waals surface area contributed by atoms with Crippen molar-refractivity contribution in [1.82, 2.24) is 10.0 Å². The van der Waals surface area contributed by atoms with E-state index in [9.17, 15) is 8.42 Å². The summed E-state index contributed by atoms with van der Waals surface area (Å²) >= 11 is 0. The van der Waals surface area contributed by atoms with E-state index < -0.39 is 10.0 Å². The van der Waals surface area contributed by atoms with Crippen LogP contribution in [0.25, 0.3) is 0 Å². The van der Waals surface area contributed by atoms with E-state index in [4.69, 9.17) is 0 Å². The van der Waals surface area contributed by atoms with Gasteiger partial charge in [0.05, 0.1) is 5.75 Å². The summed E-state index contributed by atoms with van der Waals surface area (Å²) in [5.74, 6) is 1.35. The Morgan fingerprint density at radius 3 is 2.56 bits per heavy atom. The Balaban J connectivity index is 2.32. The fourth-order valence-electron chi connectivity index (χ4n) is 2.24. The van der Waals surface area contributed by atoms with Crippen molar-refractivity contribution in [3.8, 4) is 0 Å². The van der Waals surface area contributed by atoms with E-state index in [0.29, 0.717) is 24.9 Å². The largest absolute Gasteiger partial charge is 0.319 e. The first-order chi connectivity index (χ1) is 7.55. The molecule has 1 saturated carbocycles. The van der Waals surface area contributed by atoms with Crippen molar-refractivity contribution >= 4 is 10.0 Å². The normalized spacial score (nSPS) is 26.9. The van der Waals surface area contributed by atoms with Crippen LogP contribution >= 0.6 is 0 Å². The third kappa shape index (κ3) is 4.80. The predicted octanol–water partition coefficient (Wildman–Crippen LogP) is 0.951. The van der Waals surface area contributed by atoms with Gasteiger partial charge < -0.3 is 5.32 Å². The van der Waals surface area contributed by atoms with Gasteiger partial charge in [-0.1, -0.05) is 26.2 Å². The van der Waals surface area contributed by atoms with Gasteiger partial charge in [-0.25, -0.2) is 13.1 Å². The van der Waals surface area contributed by atoms with Crippen LogP contribution in [-0.4, -0.2) is 34.3 Å². The van der Waals surface area contributed by atoms with E-state index in [-0.39, 0.29) is 5.75 Å². The molecule has 5 heteroatoms. The van der Waals surface area contributed by atoms with Crippen LogP contribution in [0.5, 0.6) is 0 Å². The monoisotopic (exact) mass is 248 g/mol. The van der Waals surface area contributed by atoms with Crippen molar-refractivity contribution < 1.29 is 8.42 Å². The van der Waals surface area contributed by atoms with Crippen LogP contribution in [-0.2, 0) is 10.0 Å². The van der Waals surface area contributed by atoms with E-state index in [2.05, 4.69) is 17.0 Å². The van der Waals surface area contributed by atoms with E-state index >= 15 is 0 Å². The summed E-state index contributed by atoms with van der Waals surface area (Å²) in [7, 11) is -1.32. The van der Waals surface area contributed by atoms with E-state index in [1.54, 1.807) is 7.05 Å². The topological polar surface area (TPSA) is 58.2 Å². The molecule has 0 saturated heterocycles. The van der Waals surface area contributed by atoms with Crippen LogP contribution in [0.3, 0.4) is 0 Å². The Labute approximate surface area is 99.2 Å². The molecule has 2 N–H and O–H groups in total. The zero-order valence-electron chi connectivity index (χ0n) is 10.3. The second-order valence-electron chi connectivity index (χ2n) is 4.79. The molecule has 0 aromatic heterocycles. The maximum Gasteiger partial charge on any atom is 0.212 e. The van der Waals surface area contributed by atoms with Crippen molar-refractivity contribution in [2.45, 2.75) is 32.6 Å². The molecule has 0 heterocycles.